The fraction of sp³-hybridized carbons (Fsp3) is 0.333. The number of β-lactam (4-membered cyclic amide) rings is 1. The van der Waals surface area contributed by atoms with Crippen molar-refractivity contribution in [3.8, 4) is 11.5 Å². The van der Waals surface area contributed by atoms with E-state index < -0.39 is 41.1 Å². The van der Waals surface area contributed by atoms with Crippen LogP contribution < -0.4 is 26.3 Å². The number of amides is 3. The molecule has 0 bridgehead atoms. The van der Waals surface area contributed by atoms with Crippen molar-refractivity contribution in [1.82, 2.24) is 25.6 Å². The molecule has 3 atom stereocenters. The summed E-state index contributed by atoms with van der Waals surface area (Å²) in [5, 5.41) is 21.9. The zero-order valence-electron chi connectivity index (χ0n) is 19.6. The number of aromatic amines is 1. The number of methoxy groups -OCH3 is 2. The second-order valence-corrected chi connectivity index (χ2v) is 9.94. The predicted molar refractivity (Wildman–Crippen MR) is 132 cm³/mol. The summed E-state index contributed by atoms with van der Waals surface area (Å²) in [5.41, 5.74) is 12.1. The van der Waals surface area contributed by atoms with Gasteiger partial charge >= 0.3 is 5.97 Å². The molecule has 37 heavy (non-hydrogen) atoms. The quantitative estimate of drug-likeness (QED) is 0.186. The third-order valence-electron chi connectivity index (χ3n) is 5.73. The van der Waals surface area contributed by atoms with E-state index in [2.05, 4.69) is 20.7 Å². The number of thioether (sulfide) groups is 2. The maximum Gasteiger partial charge on any atom is 0.352 e. The summed E-state index contributed by atoms with van der Waals surface area (Å²) in [6.45, 7) is 0. The molecule has 1 saturated heterocycles. The first-order chi connectivity index (χ1) is 17.7. The van der Waals surface area contributed by atoms with E-state index in [1.165, 1.54) is 26.0 Å². The van der Waals surface area contributed by atoms with E-state index in [-0.39, 0.29) is 27.9 Å². The first kappa shape index (κ1) is 26.3. The van der Waals surface area contributed by atoms with Gasteiger partial charge in [0.1, 0.15) is 23.2 Å². The van der Waals surface area contributed by atoms with Crippen molar-refractivity contribution in [3.05, 3.63) is 40.7 Å². The van der Waals surface area contributed by atoms with Gasteiger partial charge < -0.3 is 31.4 Å². The average molecular weight is 550 g/mol. The van der Waals surface area contributed by atoms with Crippen LogP contribution in [0.5, 0.6) is 11.5 Å². The van der Waals surface area contributed by atoms with Crippen LogP contribution in [0.4, 0.5) is 0 Å². The summed E-state index contributed by atoms with van der Waals surface area (Å²) in [6, 6.07) is 2.76. The number of nitrogens with zero attached hydrogens (tertiary/aromatic N) is 3. The third-order valence-corrected chi connectivity index (χ3v) is 8.12. The van der Waals surface area contributed by atoms with Crippen LogP contribution in [-0.2, 0) is 14.4 Å². The van der Waals surface area contributed by atoms with Crippen molar-refractivity contribution in [1.29, 1.82) is 0 Å². The summed E-state index contributed by atoms with van der Waals surface area (Å²) in [6.07, 6.45) is 0. The van der Waals surface area contributed by atoms with Gasteiger partial charge in [0.15, 0.2) is 22.2 Å². The molecule has 14 nitrogen and oxygen atoms in total. The van der Waals surface area contributed by atoms with Gasteiger partial charge in [-0.25, -0.2) is 4.79 Å². The van der Waals surface area contributed by atoms with Crippen molar-refractivity contribution >= 4 is 47.2 Å². The zero-order valence-corrected chi connectivity index (χ0v) is 21.2. The van der Waals surface area contributed by atoms with Crippen LogP contribution in [0.3, 0.4) is 0 Å². The monoisotopic (exact) mass is 549 g/mol. The van der Waals surface area contributed by atoms with Crippen LogP contribution in [-0.4, -0.2) is 86.2 Å². The molecular formula is C21H23N7O7S2. The zero-order chi connectivity index (χ0) is 26.9. The van der Waals surface area contributed by atoms with Crippen molar-refractivity contribution < 1.29 is 33.8 Å². The van der Waals surface area contributed by atoms with Gasteiger partial charge in [-0.15, -0.1) is 22.0 Å². The van der Waals surface area contributed by atoms with Crippen molar-refractivity contribution in [2.45, 2.75) is 22.5 Å². The number of carbonyl (C=O) groups is 4. The maximum atomic E-state index is 12.9. The molecule has 4 rings (SSSR count). The number of aromatic nitrogens is 3. The van der Waals surface area contributed by atoms with E-state index in [4.69, 9.17) is 20.9 Å². The number of rotatable bonds is 10. The molecule has 1 aromatic carbocycles. The van der Waals surface area contributed by atoms with Gasteiger partial charge in [-0.1, -0.05) is 17.8 Å². The summed E-state index contributed by atoms with van der Waals surface area (Å²) in [5.74, 6) is -1.94. The van der Waals surface area contributed by atoms with E-state index in [1.54, 1.807) is 18.2 Å². The molecule has 0 radical (unpaired) electrons. The molecule has 7 N–H and O–H groups in total. The number of carboxylic acid groups (broad SMARTS) is 1. The molecule has 0 spiro atoms. The van der Waals surface area contributed by atoms with Crippen molar-refractivity contribution in [2.75, 3.05) is 25.7 Å². The first-order valence-corrected chi connectivity index (χ1v) is 12.7. The van der Waals surface area contributed by atoms with Gasteiger partial charge in [0.2, 0.25) is 5.91 Å². The Bertz CT molecular complexity index is 1300. The second kappa shape index (κ2) is 10.7. The van der Waals surface area contributed by atoms with Gasteiger partial charge in [0.25, 0.3) is 11.8 Å². The molecule has 196 valence electrons. The summed E-state index contributed by atoms with van der Waals surface area (Å²) in [4.78, 5) is 50.4. The number of primary amides is 1. The number of nitrogens with two attached hydrogens (primary N) is 2. The minimum Gasteiger partial charge on any atom is -0.493 e. The minimum atomic E-state index is -1.28. The topological polar surface area (TPSA) is 216 Å². The summed E-state index contributed by atoms with van der Waals surface area (Å²) >= 11 is 2.38. The smallest absolute Gasteiger partial charge is 0.352 e. The number of H-pyrrole nitrogens is 1. The van der Waals surface area contributed by atoms with Crippen LogP contribution in [0.25, 0.3) is 0 Å². The fourth-order valence-electron chi connectivity index (χ4n) is 3.87. The Morgan fingerprint density at radius 3 is 2.68 bits per heavy atom. The lowest BCUT2D eigenvalue weighted by Gasteiger charge is -2.49. The number of nitrogens with one attached hydrogen (secondary N) is 2. The number of ether oxygens (including phenoxy) is 2. The van der Waals surface area contributed by atoms with Crippen molar-refractivity contribution in [2.24, 2.45) is 11.5 Å². The Hall–Kier alpha value is -3.76. The van der Waals surface area contributed by atoms with Gasteiger partial charge in [-0.3, -0.25) is 19.3 Å². The Morgan fingerprint density at radius 2 is 2.03 bits per heavy atom. The van der Waals surface area contributed by atoms with E-state index >= 15 is 0 Å². The highest BCUT2D eigenvalue weighted by molar-refractivity contribution is 8.01. The molecule has 2 aliphatic heterocycles. The highest BCUT2D eigenvalue weighted by atomic mass is 32.2. The lowest BCUT2D eigenvalue weighted by molar-refractivity contribution is -0.150. The maximum absolute atomic E-state index is 12.9. The molecule has 1 aromatic heterocycles. The molecule has 3 amide bonds. The van der Waals surface area contributed by atoms with Crippen molar-refractivity contribution in [3.63, 3.8) is 0 Å². The molecule has 3 heterocycles. The second-order valence-electron chi connectivity index (χ2n) is 7.88. The average Bonchev–Trinajstić information content (AvgIpc) is 3.37. The number of carbonyl (C=O) groups excluding carboxylic acids is 3. The van der Waals surface area contributed by atoms with Gasteiger partial charge in [-0.05, 0) is 23.3 Å². The summed E-state index contributed by atoms with van der Waals surface area (Å²) < 4.78 is 10.4. The Balaban J connectivity index is 1.46. The third kappa shape index (κ3) is 4.94. The van der Waals surface area contributed by atoms with Crippen LogP contribution in [0.15, 0.2) is 34.5 Å². The SMILES string of the molecule is COc1ccc(C(N)C(=O)NC2C(=O)N3C(C(=O)O)=C(CSc4n[nH]nc4C(N)=O)CSC23)cc1OC. The largest absolute Gasteiger partial charge is 0.493 e. The molecule has 1 fully saturated rings. The Morgan fingerprint density at radius 1 is 1.30 bits per heavy atom. The first-order valence-electron chi connectivity index (χ1n) is 10.7. The number of hydrogen-bond acceptors (Lipinski definition) is 11. The lowest BCUT2D eigenvalue weighted by atomic mass is 10.0. The van der Waals surface area contributed by atoms with E-state index in [9.17, 15) is 24.3 Å². The van der Waals surface area contributed by atoms with Gasteiger partial charge in [-0.2, -0.15) is 5.21 Å². The van der Waals surface area contributed by atoms with Crippen LogP contribution >= 0.6 is 23.5 Å². The normalized spacial score (nSPS) is 19.5. The van der Waals surface area contributed by atoms with Gasteiger partial charge in [0, 0.05) is 11.5 Å². The van der Waals surface area contributed by atoms with E-state index in [0.717, 1.165) is 16.7 Å². The number of carboxylic acids is 1. The van der Waals surface area contributed by atoms with Crippen LogP contribution in [0, 0.1) is 0 Å². The highest BCUT2D eigenvalue weighted by Gasteiger charge is 2.54. The molecule has 2 aliphatic rings. The number of aliphatic carboxylic acids is 1. The molecule has 16 heteroatoms. The Kier molecular flexibility index (Phi) is 7.60. The number of hydrogen-bond donors (Lipinski definition) is 5. The van der Waals surface area contributed by atoms with E-state index in [1.807, 2.05) is 0 Å². The van der Waals surface area contributed by atoms with Gasteiger partial charge in [0.05, 0.1) is 14.2 Å². The molecular weight excluding hydrogens is 526 g/mol. The number of benzene rings is 1. The minimum absolute atomic E-state index is 0.0579. The number of fused-ring (bicyclic) bond motifs is 1. The molecule has 0 saturated carbocycles. The highest BCUT2D eigenvalue weighted by Crippen LogP contribution is 2.42. The lowest BCUT2D eigenvalue weighted by Crippen LogP contribution is -2.71. The standard InChI is InChI=1S/C21H23N7O7S2/c1-34-10-4-3-8(5-11(10)35-2)12(22)17(30)24-14-19(31)28-15(21(32)33)9(7-37-20(14)28)6-36-18-13(16(23)29)25-27-26-18/h3-5,12,14,20H,6-7,22H2,1-2H3,(H2,23,29)(H,24,30)(H,32,33)(H,25,26,27). The van der Waals surface area contributed by atoms with Crippen LogP contribution in [0.1, 0.15) is 22.1 Å². The fourth-order valence-corrected chi connectivity index (χ4v) is 6.29. The summed E-state index contributed by atoms with van der Waals surface area (Å²) in [7, 11) is 2.94. The molecule has 3 unspecified atom stereocenters. The predicted octanol–water partition coefficient (Wildman–Crippen LogP) is -0.548. The van der Waals surface area contributed by atoms with E-state index in [0.29, 0.717) is 22.6 Å². The molecule has 0 aliphatic carbocycles. The Labute approximate surface area is 218 Å². The van der Waals surface area contributed by atoms with Crippen LogP contribution in [0.2, 0.25) is 0 Å². The molecule has 2 aromatic rings.